The SMILES string of the molecule is Cc1nn(CCNS(=O)(=O)/C=C/c2ccccc2)c(C)c1-c1ccco1. The van der Waals surface area contributed by atoms with Crippen LogP contribution in [0.25, 0.3) is 17.4 Å². The molecule has 3 rings (SSSR count). The largest absolute Gasteiger partial charge is 0.464 e. The smallest absolute Gasteiger partial charge is 0.233 e. The Bertz CT molecular complexity index is 988. The van der Waals surface area contributed by atoms with E-state index >= 15 is 0 Å². The molecule has 0 bridgehead atoms. The van der Waals surface area contributed by atoms with Crippen LogP contribution in [0.15, 0.2) is 58.6 Å². The number of aromatic nitrogens is 2. The molecule has 0 atom stereocenters. The van der Waals surface area contributed by atoms with Crippen molar-refractivity contribution in [3.8, 4) is 11.3 Å². The molecular weight excluding hydrogens is 350 g/mol. The second-order valence-electron chi connectivity index (χ2n) is 5.90. The zero-order valence-corrected chi connectivity index (χ0v) is 15.5. The Morgan fingerprint density at radius 3 is 2.62 bits per heavy atom. The molecule has 0 aliphatic carbocycles. The lowest BCUT2D eigenvalue weighted by molar-refractivity contribution is 0.559. The minimum Gasteiger partial charge on any atom is -0.464 e. The second kappa shape index (κ2) is 7.72. The predicted octanol–water partition coefficient (Wildman–Crippen LogP) is 3.35. The Morgan fingerprint density at radius 2 is 1.92 bits per heavy atom. The quantitative estimate of drug-likeness (QED) is 0.691. The van der Waals surface area contributed by atoms with Gasteiger partial charge in [0.25, 0.3) is 0 Å². The highest BCUT2D eigenvalue weighted by atomic mass is 32.2. The number of sulfonamides is 1. The normalized spacial score (nSPS) is 12.1. The van der Waals surface area contributed by atoms with Crippen molar-refractivity contribution in [2.24, 2.45) is 0 Å². The Kier molecular flexibility index (Phi) is 5.39. The minimum atomic E-state index is -3.50. The van der Waals surface area contributed by atoms with Crippen LogP contribution in [-0.2, 0) is 16.6 Å². The van der Waals surface area contributed by atoms with Crippen molar-refractivity contribution in [2.75, 3.05) is 6.54 Å². The number of rotatable bonds is 7. The zero-order valence-electron chi connectivity index (χ0n) is 14.7. The van der Waals surface area contributed by atoms with E-state index in [4.69, 9.17) is 4.42 Å². The molecule has 136 valence electrons. The van der Waals surface area contributed by atoms with Gasteiger partial charge in [0.2, 0.25) is 10.0 Å². The molecular formula is C19H21N3O3S. The summed E-state index contributed by atoms with van der Waals surface area (Å²) in [6.07, 6.45) is 3.19. The first-order chi connectivity index (χ1) is 12.5. The van der Waals surface area contributed by atoms with Crippen molar-refractivity contribution < 1.29 is 12.8 Å². The van der Waals surface area contributed by atoms with Crippen molar-refractivity contribution in [3.05, 3.63) is 71.1 Å². The molecule has 26 heavy (non-hydrogen) atoms. The highest BCUT2D eigenvalue weighted by Crippen LogP contribution is 2.26. The van der Waals surface area contributed by atoms with E-state index in [0.29, 0.717) is 6.54 Å². The predicted molar refractivity (Wildman–Crippen MR) is 102 cm³/mol. The van der Waals surface area contributed by atoms with Crippen LogP contribution in [0, 0.1) is 13.8 Å². The first-order valence-electron chi connectivity index (χ1n) is 8.27. The van der Waals surface area contributed by atoms with E-state index in [-0.39, 0.29) is 6.54 Å². The lowest BCUT2D eigenvalue weighted by Gasteiger charge is -2.06. The Hall–Kier alpha value is -2.64. The Balaban J connectivity index is 1.63. The van der Waals surface area contributed by atoms with Gasteiger partial charge in [0.05, 0.1) is 24.1 Å². The summed E-state index contributed by atoms with van der Waals surface area (Å²) in [5.41, 5.74) is 3.57. The molecule has 6 nitrogen and oxygen atoms in total. The zero-order chi connectivity index (χ0) is 18.6. The molecule has 1 aromatic carbocycles. The van der Waals surface area contributed by atoms with Crippen LogP contribution in [0.4, 0.5) is 0 Å². The molecule has 0 fully saturated rings. The summed E-state index contributed by atoms with van der Waals surface area (Å²) in [6.45, 7) is 4.54. The van der Waals surface area contributed by atoms with Gasteiger partial charge in [0, 0.05) is 17.6 Å². The van der Waals surface area contributed by atoms with Crippen LogP contribution in [0.2, 0.25) is 0 Å². The van der Waals surface area contributed by atoms with E-state index < -0.39 is 10.0 Å². The van der Waals surface area contributed by atoms with Gasteiger partial charge >= 0.3 is 0 Å². The number of aryl methyl sites for hydroxylation is 1. The van der Waals surface area contributed by atoms with Gasteiger partial charge in [-0.2, -0.15) is 5.10 Å². The highest BCUT2D eigenvalue weighted by molar-refractivity contribution is 7.92. The minimum absolute atomic E-state index is 0.251. The summed E-state index contributed by atoms with van der Waals surface area (Å²) >= 11 is 0. The maximum Gasteiger partial charge on any atom is 0.233 e. The number of nitrogens with one attached hydrogen (secondary N) is 1. The average molecular weight is 371 g/mol. The molecule has 2 aromatic heterocycles. The molecule has 7 heteroatoms. The van der Waals surface area contributed by atoms with Crippen molar-refractivity contribution >= 4 is 16.1 Å². The van der Waals surface area contributed by atoms with Crippen LogP contribution in [0.5, 0.6) is 0 Å². The second-order valence-corrected chi connectivity index (χ2v) is 7.55. The van der Waals surface area contributed by atoms with Gasteiger partial charge in [0.1, 0.15) is 5.76 Å². The molecule has 0 saturated carbocycles. The molecule has 3 aromatic rings. The fourth-order valence-electron chi connectivity index (χ4n) is 2.77. The van der Waals surface area contributed by atoms with Crippen molar-refractivity contribution in [2.45, 2.75) is 20.4 Å². The van der Waals surface area contributed by atoms with Crippen LogP contribution in [-0.4, -0.2) is 24.7 Å². The Labute approximate surface area is 153 Å². The van der Waals surface area contributed by atoms with E-state index in [1.165, 1.54) is 5.41 Å². The van der Waals surface area contributed by atoms with Gasteiger partial charge in [-0.3, -0.25) is 4.68 Å². The van der Waals surface area contributed by atoms with Gasteiger partial charge in [-0.05, 0) is 37.6 Å². The molecule has 0 amide bonds. The van der Waals surface area contributed by atoms with E-state index in [9.17, 15) is 8.42 Å². The van der Waals surface area contributed by atoms with Crippen LogP contribution in [0.3, 0.4) is 0 Å². The summed E-state index contributed by atoms with van der Waals surface area (Å²) in [6, 6.07) is 13.0. The van der Waals surface area contributed by atoms with Crippen LogP contribution < -0.4 is 4.72 Å². The molecule has 0 spiro atoms. The van der Waals surface area contributed by atoms with Crippen LogP contribution in [0.1, 0.15) is 17.0 Å². The average Bonchev–Trinajstić information content (AvgIpc) is 3.22. The fourth-order valence-corrected chi connectivity index (χ4v) is 3.57. The molecule has 1 N–H and O–H groups in total. The summed E-state index contributed by atoms with van der Waals surface area (Å²) in [5, 5.41) is 5.66. The van der Waals surface area contributed by atoms with E-state index in [2.05, 4.69) is 9.82 Å². The van der Waals surface area contributed by atoms with E-state index in [0.717, 1.165) is 28.3 Å². The monoisotopic (exact) mass is 371 g/mol. The number of hydrogen-bond donors (Lipinski definition) is 1. The first-order valence-corrected chi connectivity index (χ1v) is 9.81. The van der Waals surface area contributed by atoms with Crippen molar-refractivity contribution in [1.82, 2.24) is 14.5 Å². The summed E-state index contributed by atoms with van der Waals surface area (Å²) in [5.74, 6) is 0.762. The summed E-state index contributed by atoms with van der Waals surface area (Å²) < 4.78 is 34.0. The summed E-state index contributed by atoms with van der Waals surface area (Å²) in [7, 11) is -3.50. The number of nitrogens with zero attached hydrogens (tertiary/aromatic N) is 2. The molecule has 0 aliphatic heterocycles. The van der Waals surface area contributed by atoms with E-state index in [1.54, 1.807) is 17.0 Å². The highest BCUT2D eigenvalue weighted by Gasteiger charge is 2.15. The third-order valence-corrected chi connectivity index (χ3v) is 5.12. The maximum absolute atomic E-state index is 12.1. The number of furan rings is 1. The fraction of sp³-hybridized carbons (Fsp3) is 0.211. The van der Waals surface area contributed by atoms with Gasteiger partial charge in [0.15, 0.2) is 0 Å². The Morgan fingerprint density at radius 1 is 1.15 bits per heavy atom. The molecule has 0 saturated heterocycles. The molecule has 0 radical (unpaired) electrons. The van der Waals surface area contributed by atoms with Crippen molar-refractivity contribution in [3.63, 3.8) is 0 Å². The van der Waals surface area contributed by atoms with Gasteiger partial charge in [-0.25, -0.2) is 13.1 Å². The molecule has 0 unspecified atom stereocenters. The van der Waals surface area contributed by atoms with Gasteiger partial charge in [-0.15, -0.1) is 0 Å². The molecule has 0 aliphatic rings. The van der Waals surface area contributed by atoms with Crippen molar-refractivity contribution in [1.29, 1.82) is 0 Å². The molecule has 2 heterocycles. The summed E-state index contributed by atoms with van der Waals surface area (Å²) in [4.78, 5) is 0. The standard InChI is InChI=1S/C19H21N3O3S/c1-15-19(18-9-6-13-25-18)16(2)22(21-15)12-11-20-26(23,24)14-10-17-7-4-3-5-8-17/h3-10,13-14,20H,11-12H2,1-2H3/b14-10+. The lowest BCUT2D eigenvalue weighted by atomic mass is 10.1. The number of hydrogen-bond acceptors (Lipinski definition) is 4. The first kappa shape index (κ1) is 18.2. The third kappa shape index (κ3) is 4.30. The van der Waals surface area contributed by atoms with Crippen LogP contribution >= 0.6 is 0 Å². The number of benzene rings is 1. The third-order valence-electron chi connectivity index (χ3n) is 4.02. The topological polar surface area (TPSA) is 77.1 Å². The van der Waals surface area contributed by atoms with E-state index in [1.807, 2.05) is 56.3 Å². The van der Waals surface area contributed by atoms with Gasteiger partial charge < -0.3 is 4.42 Å². The van der Waals surface area contributed by atoms with Gasteiger partial charge in [-0.1, -0.05) is 30.3 Å². The lowest BCUT2D eigenvalue weighted by Crippen LogP contribution is -2.26. The maximum atomic E-state index is 12.1.